The maximum Gasteiger partial charge on any atom is 0.300 e. The minimum absolute atomic E-state index is 0.00355. The average molecular weight is 509 g/mol. The number of hydrogen-bond acceptors (Lipinski definition) is 7. The maximum absolute atomic E-state index is 13.3. The minimum atomic E-state index is -1.12. The number of ether oxygens (including phenoxy) is 1. The molecule has 0 aromatic heterocycles. The number of nitro groups is 1. The second-order valence-electron chi connectivity index (χ2n) is 8.07. The Labute approximate surface area is 211 Å². The van der Waals surface area contributed by atoms with Crippen molar-refractivity contribution >= 4 is 40.4 Å². The predicted octanol–water partition coefficient (Wildman–Crippen LogP) is 5.29. The third-order valence-corrected chi connectivity index (χ3v) is 6.03. The Hall–Kier alpha value is -4.37. The van der Waals surface area contributed by atoms with Gasteiger partial charge in [-0.2, -0.15) is 0 Å². The third-order valence-electron chi connectivity index (χ3n) is 5.79. The van der Waals surface area contributed by atoms with Crippen molar-refractivity contribution in [1.29, 1.82) is 0 Å². The Bertz CT molecular complexity index is 1430. The fourth-order valence-corrected chi connectivity index (χ4v) is 4.41. The Morgan fingerprint density at radius 1 is 1.14 bits per heavy atom. The Morgan fingerprint density at radius 3 is 2.56 bits per heavy atom. The number of aliphatic hydroxyl groups is 1. The first-order valence-electron chi connectivity index (χ1n) is 10.9. The highest BCUT2D eigenvalue weighted by atomic mass is 35.5. The number of Topliss-reactive ketones (excluding diaryl/α,β-unsaturated/α-hetero) is 1. The summed E-state index contributed by atoms with van der Waals surface area (Å²) in [6.45, 7) is 3.71. The van der Waals surface area contributed by atoms with Gasteiger partial charge in [0.25, 0.3) is 17.4 Å². The molecule has 4 rings (SSSR count). The van der Waals surface area contributed by atoms with Gasteiger partial charge in [-0.15, -0.1) is 0 Å². The van der Waals surface area contributed by atoms with Crippen molar-refractivity contribution < 1.29 is 29.5 Å². The molecular formula is C26H21ClN2O7. The van der Waals surface area contributed by atoms with E-state index in [9.17, 15) is 29.9 Å². The van der Waals surface area contributed by atoms with Gasteiger partial charge in [0.2, 0.25) is 0 Å². The largest absolute Gasteiger partial charge is 0.507 e. The molecule has 1 aliphatic heterocycles. The Morgan fingerprint density at radius 2 is 1.89 bits per heavy atom. The first-order chi connectivity index (χ1) is 17.1. The Kier molecular flexibility index (Phi) is 6.67. The number of phenols is 1. The van der Waals surface area contributed by atoms with Crippen LogP contribution >= 0.6 is 11.6 Å². The summed E-state index contributed by atoms with van der Waals surface area (Å²) < 4.78 is 5.48. The summed E-state index contributed by atoms with van der Waals surface area (Å²) in [4.78, 5) is 38.5. The van der Waals surface area contributed by atoms with E-state index in [1.165, 1.54) is 41.3 Å². The molecule has 184 valence electrons. The first kappa shape index (κ1) is 24.7. The van der Waals surface area contributed by atoms with Gasteiger partial charge >= 0.3 is 0 Å². The zero-order valence-corrected chi connectivity index (χ0v) is 20.0. The van der Waals surface area contributed by atoms with E-state index >= 15 is 0 Å². The van der Waals surface area contributed by atoms with Crippen molar-refractivity contribution in [2.75, 3.05) is 11.5 Å². The number of aromatic hydroxyl groups is 1. The van der Waals surface area contributed by atoms with Gasteiger partial charge in [-0.05, 0) is 55.3 Å². The van der Waals surface area contributed by atoms with E-state index in [1.807, 2.05) is 0 Å². The number of aryl methyl sites for hydroxylation is 1. The molecule has 1 saturated heterocycles. The molecule has 10 heteroatoms. The summed E-state index contributed by atoms with van der Waals surface area (Å²) in [5.74, 6) is -2.45. The third kappa shape index (κ3) is 4.36. The van der Waals surface area contributed by atoms with Crippen LogP contribution in [0.4, 0.5) is 11.4 Å². The molecule has 0 saturated carbocycles. The van der Waals surface area contributed by atoms with E-state index in [4.69, 9.17) is 16.3 Å². The number of aliphatic hydroxyl groups excluding tert-OH is 1. The molecule has 9 nitrogen and oxygen atoms in total. The van der Waals surface area contributed by atoms with Gasteiger partial charge < -0.3 is 14.9 Å². The van der Waals surface area contributed by atoms with Crippen LogP contribution in [0.5, 0.6) is 11.5 Å². The van der Waals surface area contributed by atoms with Crippen molar-refractivity contribution in [3.63, 3.8) is 0 Å². The van der Waals surface area contributed by atoms with Crippen LogP contribution in [0.2, 0.25) is 5.02 Å². The van der Waals surface area contributed by atoms with E-state index < -0.39 is 28.4 Å². The van der Waals surface area contributed by atoms with Gasteiger partial charge in [0.15, 0.2) is 11.5 Å². The summed E-state index contributed by atoms with van der Waals surface area (Å²) in [5, 5.41) is 33.1. The van der Waals surface area contributed by atoms with E-state index in [0.717, 1.165) is 6.07 Å². The van der Waals surface area contributed by atoms with Gasteiger partial charge in [-0.1, -0.05) is 29.8 Å². The van der Waals surface area contributed by atoms with E-state index in [0.29, 0.717) is 21.8 Å². The molecule has 0 radical (unpaired) electrons. The molecule has 0 bridgehead atoms. The predicted molar refractivity (Wildman–Crippen MR) is 133 cm³/mol. The zero-order chi connectivity index (χ0) is 26.1. The van der Waals surface area contributed by atoms with Crippen molar-refractivity contribution in [3.8, 4) is 11.5 Å². The molecule has 36 heavy (non-hydrogen) atoms. The molecule has 1 amide bonds. The van der Waals surface area contributed by atoms with Crippen molar-refractivity contribution in [2.45, 2.75) is 19.9 Å². The quantitative estimate of drug-likeness (QED) is 0.152. The number of amides is 1. The van der Waals surface area contributed by atoms with Crippen molar-refractivity contribution in [3.05, 3.63) is 98.1 Å². The van der Waals surface area contributed by atoms with E-state index in [-0.39, 0.29) is 34.9 Å². The molecule has 1 unspecified atom stereocenters. The standard InChI is InChI=1S/C26H21ClN2O7/c1-3-36-21-13-15(7-10-20(21)30)23-22(24(31)16-5-4-6-18(12-16)29(34)35)25(32)26(33)28(23)19-9-8-17(27)11-14(19)2/h4-13,23,30-31H,3H2,1-2H3/b24-22+. The molecule has 1 fully saturated rings. The second-order valence-corrected chi connectivity index (χ2v) is 8.50. The van der Waals surface area contributed by atoms with Crippen LogP contribution in [0.15, 0.2) is 66.2 Å². The number of rotatable bonds is 6. The van der Waals surface area contributed by atoms with Crippen LogP contribution in [0.25, 0.3) is 5.76 Å². The number of non-ortho nitro benzene ring substituents is 1. The summed E-state index contributed by atoms with van der Waals surface area (Å²) in [7, 11) is 0. The molecular weight excluding hydrogens is 488 g/mol. The lowest BCUT2D eigenvalue weighted by Crippen LogP contribution is -2.30. The van der Waals surface area contributed by atoms with Crippen LogP contribution in [0.1, 0.15) is 29.7 Å². The molecule has 1 heterocycles. The Balaban J connectivity index is 1.99. The molecule has 0 spiro atoms. The van der Waals surface area contributed by atoms with Gasteiger partial charge in [0, 0.05) is 28.4 Å². The molecule has 2 N–H and O–H groups in total. The molecule has 1 aliphatic rings. The minimum Gasteiger partial charge on any atom is -0.507 e. The van der Waals surface area contributed by atoms with Crippen molar-refractivity contribution in [1.82, 2.24) is 0 Å². The highest BCUT2D eigenvalue weighted by Gasteiger charge is 2.47. The fraction of sp³-hybridized carbons (Fsp3) is 0.154. The number of ketones is 1. The molecule has 3 aromatic rings. The summed E-state index contributed by atoms with van der Waals surface area (Å²) >= 11 is 6.10. The average Bonchev–Trinajstić information content (AvgIpc) is 3.10. The van der Waals surface area contributed by atoms with Gasteiger partial charge in [-0.25, -0.2) is 0 Å². The number of anilines is 1. The number of nitrogens with zero attached hydrogens (tertiary/aromatic N) is 2. The summed E-state index contributed by atoms with van der Waals surface area (Å²) in [5.41, 5.74) is 0.814. The van der Waals surface area contributed by atoms with E-state index in [2.05, 4.69) is 0 Å². The maximum atomic E-state index is 13.3. The lowest BCUT2D eigenvalue weighted by Gasteiger charge is -2.27. The monoisotopic (exact) mass is 508 g/mol. The van der Waals surface area contributed by atoms with Gasteiger partial charge in [-0.3, -0.25) is 24.6 Å². The first-order valence-corrected chi connectivity index (χ1v) is 11.3. The van der Waals surface area contributed by atoms with Crippen LogP contribution in [0, 0.1) is 17.0 Å². The van der Waals surface area contributed by atoms with E-state index in [1.54, 1.807) is 32.0 Å². The SMILES string of the molecule is CCOc1cc(C2/C(=C(\O)c3cccc([N+](=O)[O-])c3)C(=O)C(=O)N2c2ccc(Cl)cc2C)ccc1O. The second kappa shape index (κ2) is 9.71. The lowest BCUT2D eigenvalue weighted by molar-refractivity contribution is -0.384. The number of carbonyl (C=O) groups excluding carboxylic acids is 2. The smallest absolute Gasteiger partial charge is 0.300 e. The normalized spacial score (nSPS) is 16.9. The molecule has 3 aromatic carbocycles. The van der Waals surface area contributed by atoms with Crippen LogP contribution in [-0.4, -0.2) is 33.4 Å². The number of carbonyl (C=O) groups is 2. The zero-order valence-electron chi connectivity index (χ0n) is 19.3. The van der Waals surface area contributed by atoms with Gasteiger partial charge in [0.1, 0.15) is 5.76 Å². The van der Waals surface area contributed by atoms with Gasteiger partial charge in [0.05, 0.1) is 23.1 Å². The summed E-state index contributed by atoms with van der Waals surface area (Å²) in [6, 6.07) is 13.2. The lowest BCUT2D eigenvalue weighted by atomic mass is 9.94. The highest BCUT2D eigenvalue weighted by Crippen LogP contribution is 2.45. The number of halogens is 1. The highest BCUT2D eigenvalue weighted by molar-refractivity contribution is 6.51. The fourth-order valence-electron chi connectivity index (χ4n) is 4.18. The van der Waals surface area contributed by atoms with Crippen LogP contribution < -0.4 is 9.64 Å². The van der Waals surface area contributed by atoms with Crippen molar-refractivity contribution in [2.24, 2.45) is 0 Å². The number of nitro benzene ring substituents is 1. The molecule has 1 atom stereocenters. The molecule has 0 aliphatic carbocycles. The number of hydrogen-bond donors (Lipinski definition) is 2. The topological polar surface area (TPSA) is 130 Å². The summed E-state index contributed by atoms with van der Waals surface area (Å²) in [6.07, 6.45) is 0. The van der Waals surface area contributed by atoms with Crippen LogP contribution in [0.3, 0.4) is 0 Å². The number of benzene rings is 3. The van der Waals surface area contributed by atoms with Crippen LogP contribution in [-0.2, 0) is 9.59 Å². The number of phenolic OH excluding ortho intramolecular Hbond substituents is 1.